The maximum Gasteiger partial charge on any atom is 0.195 e. The van der Waals surface area contributed by atoms with Gasteiger partial charge in [0.1, 0.15) is 0 Å². The summed E-state index contributed by atoms with van der Waals surface area (Å²) in [5.74, 6) is 1.51. The minimum Gasteiger partial charge on any atom is -0.349 e. The van der Waals surface area contributed by atoms with E-state index in [1.165, 1.54) is 4.88 Å². The first-order valence-electron chi connectivity index (χ1n) is 5.45. The average Bonchev–Trinajstić information content (AvgIpc) is 2.69. The molecule has 0 fully saturated rings. The highest BCUT2D eigenvalue weighted by Gasteiger charge is 2.08. The highest BCUT2D eigenvalue weighted by atomic mass is 127. The number of aliphatic imine (C=N–C) groups is 1. The van der Waals surface area contributed by atoms with Gasteiger partial charge in [0.15, 0.2) is 5.96 Å². The molecule has 3 nitrogen and oxygen atoms in total. The molecule has 0 aromatic carbocycles. The normalized spacial score (nSPS) is 11.4. The Morgan fingerprint density at radius 3 is 2.29 bits per heavy atom. The molecule has 1 heterocycles. The Hall–Kier alpha value is -0.300. The van der Waals surface area contributed by atoms with E-state index in [-0.39, 0.29) is 24.0 Å². The van der Waals surface area contributed by atoms with Crippen LogP contribution in [0.3, 0.4) is 0 Å². The third kappa shape index (κ3) is 5.25. The molecule has 0 saturated carbocycles. The van der Waals surface area contributed by atoms with Gasteiger partial charge in [-0.25, -0.2) is 0 Å². The van der Waals surface area contributed by atoms with E-state index in [1.807, 2.05) is 38.0 Å². The molecule has 1 aromatic rings. The lowest BCUT2D eigenvalue weighted by Crippen LogP contribution is -2.35. The molecule has 17 heavy (non-hydrogen) atoms. The second-order valence-electron chi connectivity index (χ2n) is 4.35. The second kappa shape index (κ2) is 7.92. The zero-order valence-electron chi connectivity index (χ0n) is 11.2. The van der Waals surface area contributed by atoms with Gasteiger partial charge >= 0.3 is 0 Å². The van der Waals surface area contributed by atoms with Crippen molar-refractivity contribution in [3.63, 3.8) is 0 Å². The van der Waals surface area contributed by atoms with Crippen molar-refractivity contribution in [1.82, 2.24) is 9.80 Å². The minimum atomic E-state index is 0. The Bertz CT molecular complexity index is 324. The van der Waals surface area contributed by atoms with Crippen molar-refractivity contribution in [2.75, 3.05) is 34.7 Å². The Kier molecular flexibility index (Phi) is 7.78. The summed E-state index contributed by atoms with van der Waals surface area (Å²) in [6, 6.07) is 4.27. The minimum absolute atomic E-state index is 0. The van der Waals surface area contributed by atoms with Crippen molar-refractivity contribution in [3.8, 4) is 0 Å². The number of hydrogen-bond acceptors (Lipinski definition) is 2. The maximum absolute atomic E-state index is 4.65. The molecule has 0 aliphatic rings. The van der Waals surface area contributed by atoms with Crippen molar-refractivity contribution in [2.45, 2.75) is 12.8 Å². The van der Waals surface area contributed by atoms with Gasteiger partial charge in [-0.1, -0.05) is 13.0 Å². The van der Waals surface area contributed by atoms with Gasteiger partial charge in [-0.3, -0.25) is 4.99 Å². The summed E-state index contributed by atoms with van der Waals surface area (Å²) in [4.78, 5) is 10.1. The molecule has 1 rings (SSSR count). The molecule has 0 radical (unpaired) electrons. The Morgan fingerprint density at radius 2 is 1.88 bits per heavy atom. The first-order chi connectivity index (χ1) is 7.52. The Morgan fingerprint density at radius 1 is 1.29 bits per heavy atom. The topological polar surface area (TPSA) is 18.8 Å². The second-order valence-corrected chi connectivity index (χ2v) is 5.33. The lowest BCUT2D eigenvalue weighted by Gasteiger charge is -2.23. The van der Waals surface area contributed by atoms with E-state index in [4.69, 9.17) is 0 Å². The predicted octanol–water partition coefficient (Wildman–Crippen LogP) is 2.95. The van der Waals surface area contributed by atoms with Crippen molar-refractivity contribution in [2.24, 2.45) is 4.99 Å². The van der Waals surface area contributed by atoms with E-state index in [1.54, 1.807) is 11.3 Å². The number of halogens is 1. The van der Waals surface area contributed by atoms with Gasteiger partial charge in [0.2, 0.25) is 0 Å². The van der Waals surface area contributed by atoms with Gasteiger partial charge in [0.25, 0.3) is 0 Å². The van der Waals surface area contributed by atoms with Crippen LogP contribution in [0, 0.1) is 0 Å². The van der Waals surface area contributed by atoms with Gasteiger partial charge in [-0.2, -0.15) is 0 Å². The summed E-state index contributed by atoms with van der Waals surface area (Å²) in [6.45, 7) is 3.06. The van der Waals surface area contributed by atoms with E-state index in [9.17, 15) is 0 Å². The SMILES string of the molecule is CC(CN=C(N(C)C)N(C)C)c1cccs1.I. The molecule has 0 spiro atoms. The van der Waals surface area contributed by atoms with E-state index < -0.39 is 0 Å². The lowest BCUT2D eigenvalue weighted by atomic mass is 10.1. The smallest absolute Gasteiger partial charge is 0.195 e. The van der Waals surface area contributed by atoms with Gasteiger partial charge in [-0.05, 0) is 11.4 Å². The van der Waals surface area contributed by atoms with Crippen LogP contribution in [-0.4, -0.2) is 50.5 Å². The predicted molar refractivity (Wildman–Crippen MR) is 87.8 cm³/mol. The van der Waals surface area contributed by atoms with Crippen molar-refractivity contribution < 1.29 is 0 Å². The van der Waals surface area contributed by atoms with E-state index in [2.05, 4.69) is 29.4 Å². The molecule has 1 aromatic heterocycles. The lowest BCUT2D eigenvalue weighted by molar-refractivity contribution is 0.478. The molecule has 0 aliphatic carbocycles. The van der Waals surface area contributed by atoms with Crippen LogP contribution in [0.25, 0.3) is 0 Å². The van der Waals surface area contributed by atoms with E-state index in [0.717, 1.165) is 12.5 Å². The number of thiophene rings is 1. The zero-order valence-corrected chi connectivity index (χ0v) is 14.3. The molecule has 0 N–H and O–H groups in total. The fraction of sp³-hybridized carbons (Fsp3) is 0.583. The number of guanidine groups is 1. The van der Waals surface area contributed by atoms with Gasteiger partial charge < -0.3 is 9.80 Å². The Labute approximate surface area is 126 Å². The zero-order chi connectivity index (χ0) is 12.1. The van der Waals surface area contributed by atoms with Crippen LogP contribution in [0.5, 0.6) is 0 Å². The van der Waals surface area contributed by atoms with E-state index >= 15 is 0 Å². The average molecular weight is 367 g/mol. The van der Waals surface area contributed by atoms with Crippen LogP contribution in [-0.2, 0) is 0 Å². The number of rotatable bonds is 3. The summed E-state index contributed by atoms with van der Waals surface area (Å²) in [7, 11) is 8.09. The molecular formula is C12H22IN3S. The monoisotopic (exact) mass is 367 g/mol. The summed E-state index contributed by atoms with van der Waals surface area (Å²) < 4.78 is 0. The molecule has 5 heteroatoms. The first-order valence-corrected chi connectivity index (χ1v) is 6.32. The van der Waals surface area contributed by atoms with Crippen LogP contribution in [0.2, 0.25) is 0 Å². The Balaban J connectivity index is 0.00000256. The molecule has 1 atom stereocenters. The van der Waals surface area contributed by atoms with E-state index in [0.29, 0.717) is 5.92 Å². The highest BCUT2D eigenvalue weighted by Crippen LogP contribution is 2.20. The summed E-state index contributed by atoms with van der Waals surface area (Å²) >= 11 is 1.80. The quantitative estimate of drug-likeness (QED) is 0.465. The molecule has 0 aliphatic heterocycles. The van der Waals surface area contributed by atoms with Crippen LogP contribution in [0.4, 0.5) is 0 Å². The fourth-order valence-electron chi connectivity index (χ4n) is 1.56. The van der Waals surface area contributed by atoms with Crippen molar-refractivity contribution >= 4 is 41.3 Å². The van der Waals surface area contributed by atoms with Crippen LogP contribution >= 0.6 is 35.3 Å². The molecule has 0 bridgehead atoms. The summed E-state index contributed by atoms with van der Waals surface area (Å²) in [5, 5.41) is 2.12. The molecule has 98 valence electrons. The molecule has 0 saturated heterocycles. The summed E-state index contributed by atoms with van der Waals surface area (Å²) in [5.41, 5.74) is 0. The van der Waals surface area contributed by atoms with Crippen LogP contribution in [0.15, 0.2) is 22.5 Å². The molecule has 1 unspecified atom stereocenters. The fourth-order valence-corrected chi connectivity index (χ4v) is 2.34. The van der Waals surface area contributed by atoms with Crippen LogP contribution < -0.4 is 0 Å². The maximum atomic E-state index is 4.65. The molecular weight excluding hydrogens is 345 g/mol. The van der Waals surface area contributed by atoms with Gasteiger partial charge in [0.05, 0.1) is 6.54 Å². The van der Waals surface area contributed by atoms with Gasteiger partial charge in [0, 0.05) is 39.0 Å². The number of nitrogens with zero attached hydrogens (tertiary/aromatic N) is 3. The van der Waals surface area contributed by atoms with Crippen molar-refractivity contribution in [1.29, 1.82) is 0 Å². The third-order valence-corrected chi connectivity index (χ3v) is 3.44. The van der Waals surface area contributed by atoms with Gasteiger partial charge in [-0.15, -0.1) is 35.3 Å². The number of hydrogen-bond donors (Lipinski definition) is 0. The largest absolute Gasteiger partial charge is 0.349 e. The third-order valence-electron chi connectivity index (χ3n) is 2.34. The summed E-state index contributed by atoms with van der Waals surface area (Å²) in [6.07, 6.45) is 0. The first kappa shape index (κ1) is 16.7. The standard InChI is InChI=1S/C12H21N3S.HI/c1-10(11-7-6-8-16-11)9-13-12(14(2)3)15(4)5;/h6-8,10H,9H2,1-5H3;1H. The van der Waals surface area contributed by atoms with Crippen LogP contribution in [0.1, 0.15) is 17.7 Å². The highest BCUT2D eigenvalue weighted by molar-refractivity contribution is 14.0. The molecule has 0 amide bonds. The van der Waals surface area contributed by atoms with Crippen molar-refractivity contribution in [3.05, 3.63) is 22.4 Å².